The molecule has 1 saturated heterocycles. The highest BCUT2D eigenvalue weighted by Gasteiger charge is 2.34. The van der Waals surface area contributed by atoms with Crippen LogP contribution < -0.4 is 5.32 Å². The molecule has 0 bridgehead atoms. The highest BCUT2D eigenvalue weighted by molar-refractivity contribution is 7.15. The van der Waals surface area contributed by atoms with Crippen molar-refractivity contribution in [1.82, 2.24) is 15.2 Å². The molecule has 0 unspecified atom stereocenters. The molecule has 0 spiro atoms. The van der Waals surface area contributed by atoms with Crippen molar-refractivity contribution in [3.05, 3.63) is 74.9 Å². The minimum atomic E-state index is -0.207. The number of rotatable bonds is 6. The highest BCUT2D eigenvalue weighted by atomic mass is 35.5. The summed E-state index contributed by atoms with van der Waals surface area (Å²) < 4.78 is 0. The van der Waals surface area contributed by atoms with Gasteiger partial charge in [-0.25, -0.2) is 4.98 Å². The molecule has 182 valence electrons. The number of thiazole rings is 1. The van der Waals surface area contributed by atoms with Gasteiger partial charge < -0.3 is 10.2 Å². The number of nitrogens with zero attached hydrogens (tertiary/aromatic N) is 2. The summed E-state index contributed by atoms with van der Waals surface area (Å²) in [7, 11) is 0. The van der Waals surface area contributed by atoms with Crippen LogP contribution >= 0.6 is 22.9 Å². The van der Waals surface area contributed by atoms with Gasteiger partial charge in [0.1, 0.15) is 5.69 Å². The maximum Gasteiger partial charge on any atom is 0.274 e. The number of amides is 2. The topological polar surface area (TPSA) is 62.3 Å². The van der Waals surface area contributed by atoms with E-state index in [0.717, 1.165) is 58.7 Å². The summed E-state index contributed by atoms with van der Waals surface area (Å²) in [4.78, 5) is 34.5. The van der Waals surface area contributed by atoms with Gasteiger partial charge in [0.25, 0.3) is 11.8 Å². The van der Waals surface area contributed by atoms with Gasteiger partial charge in [-0.15, -0.1) is 11.3 Å². The first-order valence-corrected chi connectivity index (χ1v) is 13.5. The fourth-order valence-corrected chi connectivity index (χ4v) is 6.15. The number of aromatic nitrogens is 1. The van der Waals surface area contributed by atoms with Crippen molar-refractivity contribution in [1.29, 1.82) is 0 Å². The summed E-state index contributed by atoms with van der Waals surface area (Å²) in [6, 6.07) is 13.7. The lowest BCUT2D eigenvalue weighted by Crippen LogP contribution is -2.49. The van der Waals surface area contributed by atoms with Gasteiger partial charge in [-0.1, -0.05) is 53.6 Å². The summed E-state index contributed by atoms with van der Waals surface area (Å²) in [6.07, 6.45) is 5.14. The van der Waals surface area contributed by atoms with Crippen molar-refractivity contribution in [2.45, 2.75) is 57.9 Å². The van der Waals surface area contributed by atoms with Crippen molar-refractivity contribution in [2.24, 2.45) is 0 Å². The third-order valence-corrected chi connectivity index (χ3v) is 8.64. The van der Waals surface area contributed by atoms with E-state index in [-0.39, 0.29) is 17.9 Å². The van der Waals surface area contributed by atoms with Crippen LogP contribution in [0.3, 0.4) is 0 Å². The molecule has 2 aromatic carbocycles. The molecule has 3 aromatic rings. The van der Waals surface area contributed by atoms with Crippen LogP contribution in [-0.2, 0) is 0 Å². The molecule has 1 aliphatic carbocycles. The van der Waals surface area contributed by atoms with E-state index < -0.39 is 0 Å². The Balaban J connectivity index is 1.38. The smallest absolute Gasteiger partial charge is 0.274 e. The average molecular weight is 508 g/mol. The molecule has 5 nitrogen and oxygen atoms in total. The maximum absolute atomic E-state index is 13.9. The number of hydrogen-bond acceptors (Lipinski definition) is 4. The molecule has 35 heavy (non-hydrogen) atoms. The van der Waals surface area contributed by atoms with Crippen LogP contribution in [0.25, 0.3) is 10.4 Å². The zero-order valence-corrected chi connectivity index (χ0v) is 21.7. The van der Waals surface area contributed by atoms with Crippen LogP contribution in [0.4, 0.5) is 0 Å². The molecule has 5 rings (SSSR count). The van der Waals surface area contributed by atoms with Gasteiger partial charge in [0.05, 0.1) is 20.5 Å². The third kappa shape index (κ3) is 5.14. The third-order valence-electron chi connectivity index (χ3n) is 6.88. The van der Waals surface area contributed by atoms with Crippen LogP contribution in [0.2, 0.25) is 5.02 Å². The zero-order valence-electron chi connectivity index (χ0n) is 20.1. The van der Waals surface area contributed by atoms with Crippen molar-refractivity contribution in [3.63, 3.8) is 0 Å². The number of hydrogen-bond donors (Lipinski definition) is 1. The highest BCUT2D eigenvalue weighted by Crippen LogP contribution is 2.45. The molecule has 2 fully saturated rings. The first-order valence-electron chi connectivity index (χ1n) is 12.3. The number of carbonyl (C=O) groups is 2. The molecule has 1 atom stereocenters. The molecule has 2 heterocycles. The van der Waals surface area contributed by atoms with Gasteiger partial charge in [0.15, 0.2) is 0 Å². The normalized spacial score (nSPS) is 17.9. The molecule has 1 aromatic heterocycles. The Bertz CT molecular complexity index is 1270. The van der Waals surface area contributed by atoms with E-state index in [1.165, 1.54) is 0 Å². The number of aryl methyl sites for hydroxylation is 2. The average Bonchev–Trinajstić information content (AvgIpc) is 3.62. The molecule has 1 saturated carbocycles. The fourth-order valence-electron chi connectivity index (χ4n) is 4.71. The van der Waals surface area contributed by atoms with E-state index in [4.69, 9.17) is 16.6 Å². The molecule has 2 amide bonds. The van der Waals surface area contributed by atoms with E-state index in [1.54, 1.807) is 17.4 Å². The lowest BCUT2D eigenvalue weighted by atomic mass is 10.0. The van der Waals surface area contributed by atoms with Crippen molar-refractivity contribution >= 4 is 34.8 Å². The Morgan fingerprint density at radius 1 is 1.11 bits per heavy atom. The number of nitrogens with one attached hydrogen (secondary N) is 1. The second-order valence-corrected chi connectivity index (χ2v) is 11.1. The van der Waals surface area contributed by atoms with E-state index in [0.29, 0.717) is 35.3 Å². The largest absolute Gasteiger partial charge is 0.350 e. The molecular formula is C28H30ClN3O2S. The second-order valence-electron chi connectivity index (χ2n) is 9.67. The fraction of sp³-hybridized carbons (Fsp3) is 0.393. The monoisotopic (exact) mass is 507 g/mol. The van der Waals surface area contributed by atoms with Gasteiger partial charge >= 0.3 is 0 Å². The Morgan fingerprint density at radius 3 is 2.69 bits per heavy atom. The van der Waals surface area contributed by atoms with Crippen LogP contribution in [0.1, 0.15) is 75.0 Å². The van der Waals surface area contributed by atoms with Crippen molar-refractivity contribution in [2.75, 3.05) is 13.1 Å². The summed E-state index contributed by atoms with van der Waals surface area (Å²) in [6.45, 7) is 5.02. The van der Waals surface area contributed by atoms with E-state index in [9.17, 15) is 9.59 Å². The summed E-state index contributed by atoms with van der Waals surface area (Å²) >= 11 is 8.02. The van der Waals surface area contributed by atoms with Crippen LogP contribution in [0.5, 0.6) is 0 Å². The number of likely N-dealkylation sites (tertiary alicyclic amines) is 1. The standard InChI is InChI=1S/C28H30ClN3O2S/c1-17-7-5-9-20(15-17)25-24(31-27(35-25)19-12-13-19)28(34)32-14-4-3-10-21(32)16-30-26(33)22-11-6-8-18(2)23(22)29/h5-9,11,15,19,21H,3-4,10,12-14,16H2,1-2H3,(H,30,33)/t21-/m0/s1. The van der Waals surface area contributed by atoms with Crippen LogP contribution in [0, 0.1) is 13.8 Å². The lowest BCUT2D eigenvalue weighted by molar-refractivity contribution is 0.0598. The minimum absolute atomic E-state index is 0.0304. The summed E-state index contributed by atoms with van der Waals surface area (Å²) in [5, 5.41) is 4.57. The predicted octanol–water partition coefficient (Wildman–Crippen LogP) is 6.38. The van der Waals surface area contributed by atoms with E-state index in [1.807, 2.05) is 30.0 Å². The predicted molar refractivity (Wildman–Crippen MR) is 141 cm³/mol. The number of benzene rings is 2. The van der Waals surface area contributed by atoms with Gasteiger partial charge in [-0.3, -0.25) is 9.59 Å². The quantitative estimate of drug-likeness (QED) is 0.421. The molecule has 2 aliphatic rings. The van der Waals surface area contributed by atoms with Crippen molar-refractivity contribution in [3.8, 4) is 10.4 Å². The lowest BCUT2D eigenvalue weighted by Gasteiger charge is -2.35. The second kappa shape index (κ2) is 10.1. The molecule has 7 heteroatoms. The minimum Gasteiger partial charge on any atom is -0.350 e. The van der Waals surface area contributed by atoms with Gasteiger partial charge in [-0.05, 0) is 63.1 Å². The first kappa shape index (κ1) is 24.0. The van der Waals surface area contributed by atoms with Crippen LogP contribution in [0.15, 0.2) is 42.5 Å². The Labute approximate surface area is 215 Å². The summed E-state index contributed by atoms with van der Waals surface area (Å²) in [5.74, 6) is 0.250. The van der Waals surface area contributed by atoms with Crippen LogP contribution in [-0.4, -0.2) is 40.8 Å². The summed E-state index contributed by atoms with van der Waals surface area (Å²) in [5.41, 5.74) is 4.11. The molecule has 1 N–H and O–H groups in total. The molecular weight excluding hydrogens is 478 g/mol. The first-order chi connectivity index (χ1) is 16.9. The Morgan fingerprint density at radius 2 is 1.91 bits per heavy atom. The maximum atomic E-state index is 13.9. The molecule has 1 aliphatic heterocycles. The van der Waals surface area contributed by atoms with E-state index in [2.05, 4.69) is 30.4 Å². The number of piperidine rings is 1. The van der Waals surface area contributed by atoms with Gasteiger partial charge in [-0.2, -0.15) is 0 Å². The Kier molecular flexibility index (Phi) is 6.94. The number of carbonyl (C=O) groups excluding carboxylic acids is 2. The van der Waals surface area contributed by atoms with Gasteiger partial charge in [0, 0.05) is 25.0 Å². The SMILES string of the molecule is Cc1cccc(-c2sc(C3CC3)nc2C(=O)N2CCCC[C@H]2CNC(=O)c2cccc(C)c2Cl)c1. The Hall–Kier alpha value is -2.70. The van der Waals surface area contributed by atoms with E-state index >= 15 is 0 Å². The zero-order chi connectivity index (χ0) is 24.5. The number of halogens is 1. The van der Waals surface area contributed by atoms with Crippen molar-refractivity contribution < 1.29 is 9.59 Å². The molecule has 0 radical (unpaired) electrons. The van der Waals surface area contributed by atoms with Gasteiger partial charge in [0.2, 0.25) is 0 Å².